The molecule has 3 amide bonds. The van der Waals surface area contributed by atoms with Crippen LogP contribution < -0.4 is 10.2 Å². The summed E-state index contributed by atoms with van der Waals surface area (Å²) in [5.41, 5.74) is 2.25. The van der Waals surface area contributed by atoms with Gasteiger partial charge in [0, 0.05) is 31.9 Å². The molecule has 6 heteroatoms. The average Bonchev–Trinajstić information content (AvgIpc) is 3.18. The van der Waals surface area contributed by atoms with E-state index in [2.05, 4.69) is 5.32 Å². The minimum atomic E-state index is -0.467. The molecule has 1 saturated heterocycles. The molecule has 0 radical (unpaired) electrons. The molecule has 1 fully saturated rings. The standard InChI is InChI=1S/C22H25N3O3/c1-16(26)24(2)19-11-6-10-18(15-19)23-22(28)20-12-7-13-25(20)21(27)14-17-8-4-3-5-9-17/h3-6,8-11,15,20H,7,12-14H2,1-2H3,(H,23,28). The van der Waals surface area contributed by atoms with E-state index in [-0.39, 0.29) is 17.7 Å². The fraction of sp³-hybridized carbons (Fsp3) is 0.318. The lowest BCUT2D eigenvalue weighted by atomic mass is 10.1. The molecule has 0 saturated carbocycles. The topological polar surface area (TPSA) is 69.7 Å². The zero-order valence-electron chi connectivity index (χ0n) is 16.2. The lowest BCUT2D eigenvalue weighted by molar-refractivity contribution is -0.136. The molecule has 0 aliphatic carbocycles. The van der Waals surface area contributed by atoms with Gasteiger partial charge in [0.25, 0.3) is 0 Å². The molecule has 6 nitrogen and oxygen atoms in total. The van der Waals surface area contributed by atoms with Crippen LogP contribution >= 0.6 is 0 Å². The largest absolute Gasteiger partial charge is 0.330 e. The predicted molar refractivity (Wildman–Crippen MR) is 109 cm³/mol. The summed E-state index contributed by atoms with van der Waals surface area (Å²) in [5.74, 6) is -0.313. The van der Waals surface area contributed by atoms with Gasteiger partial charge < -0.3 is 15.1 Å². The second kappa shape index (κ2) is 8.69. The molecule has 1 aliphatic heterocycles. The zero-order chi connectivity index (χ0) is 20.1. The minimum absolute atomic E-state index is 0.0334. The van der Waals surface area contributed by atoms with E-state index in [1.165, 1.54) is 11.8 Å². The molecule has 2 aromatic rings. The first-order valence-electron chi connectivity index (χ1n) is 9.44. The van der Waals surface area contributed by atoms with Crippen molar-refractivity contribution in [2.75, 3.05) is 23.8 Å². The van der Waals surface area contributed by atoms with Gasteiger partial charge in [-0.15, -0.1) is 0 Å². The summed E-state index contributed by atoms with van der Waals surface area (Å²) in [6.07, 6.45) is 1.76. The van der Waals surface area contributed by atoms with Crippen LogP contribution in [0.1, 0.15) is 25.3 Å². The van der Waals surface area contributed by atoms with Crippen LogP contribution in [0.3, 0.4) is 0 Å². The van der Waals surface area contributed by atoms with Gasteiger partial charge in [-0.25, -0.2) is 0 Å². The van der Waals surface area contributed by atoms with Gasteiger partial charge in [0.2, 0.25) is 17.7 Å². The van der Waals surface area contributed by atoms with Crippen molar-refractivity contribution in [1.82, 2.24) is 4.90 Å². The number of benzene rings is 2. The number of amides is 3. The van der Waals surface area contributed by atoms with Crippen LogP contribution in [0.5, 0.6) is 0 Å². The Morgan fingerprint density at radius 2 is 1.86 bits per heavy atom. The summed E-state index contributed by atoms with van der Waals surface area (Å²) >= 11 is 0. The maximum atomic E-state index is 12.8. The summed E-state index contributed by atoms with van der Waals surface area (Å²) in [4.78, 5) is 40.3. The second-order valence-corrected chi connectivity index (χ2v) is 7.03. The Morgan fingerprint density at radius 1 is 1.11 bits per heavy atom. The van der Waals surface area contributed by atoms with Gasteiger partial charge in [-0.1, -0.05) is 36.4 Å². The summed E-state index contributed by atoms with van der Waals surface area (Å²) < 4.78 is 0. The SMILES string of the molecule is CC(=O)N(C)c1cccc(NC(=O)C2CCCN2C(=O)Cc2ccccc2)c1. The molecule has 3 rings (SSSR count). The molecule has 1 atom stereocenters. The lowest BCUT2D eigenvalue weighted by Crippen LogP contribution is -2.43. The third-order valence-corrected chi connectivity index (χ3v) is 5.05. The van der Waals surface area contributed by atoms with Crippen molar-refractivity contribution in [2.45, 2.75) is 32.2 Å². The van der Waals surface area contributed by atoms with Gasteiger partial charge in [-0.2, -0.15) is 0 Å². The number of likely N-dealkylation sites (tertiary alicyclic amines) is 1. The van der Waals surface area contributed by atoms with Crippen LogP contribution in [-0.2, 0) is 20.8 Å². The Kier molecular flexibility index (Phi) is 6.09. The highest BCUT2D eigenvalue weighted by molar-refractivity contribution is 5.98. The fourth-order valence-corrected chi connectivity index (χ4v) is 3.41. The molecule has 0 bridgehead atoms. The maximum Gasteiger partial charge on any atom is 0.247 e. The number of carbonyl (C=O) groups excluding carboxylic acids is 3. The number of anilines is 2. The van der Waals surface area contributed by atoms with Crippen molar-refractivity contribution < 1.29 is 14.4 Å². The third kappa shape index (κ3) is 4.57. The first-order chi connectivity index (χ1) is 13.5. The van der Waals surface area contributed by atoms with Crippen molar-refractivity contribution in [2.24, 2.45) is 0 Å². The number of nitrogens with zero attached hydrogens (tertiary/aromatic N) is 2. The summed E-state index contributed by atoms with van der Waals surface area (Å²) in [6.45, 7) is 2.08. The van der Waals surface area contributed by atoms with Crippen molar-refractivity contribution in [3.8, 4) is 0 Å². The van der Waals surface area contributed by atoms with E-state index < -0.39 is 6.04 Å². The second-order valence-electron chi connectivity index (χ2n) is 7.03. The van der Waals surface area contributed by atoms with Crippen LogP contribution in [0.2, 0.25) is 0 Å². The van der Waals surface area contributed by atoms with Gasteiger partial charge in [-0.3, -0.25) is 14.4 Å². The number of nitrogens with one attached hydrogen (secondary N) is 1. The Labute approximate surface area is 165 Å². The maximum absolute atomic E-state index is 12.8. The van der Waals surface area contributed by atoms with Crippen molar-refractivity contribution >= 4 is 29.1 Å². The van der Waals surface area contributed by atoms with E-state index in [1.54, 1.807) is 30.1 Å². The molecule has 1 heterocycles. The quantitative estimate of drug-likeness (QED) is 0.868. The first kappa shape index (κ1) is 19.6. The lowest BCUT2D eigenvalue weighted by Gasteiger charge is -2.24. The summed E-state index contributed by atoms with van der Waals surface area (Å²) in [6, 6.07) is 16.2. The van der Waals surface area contributed by atoms with Crippen LogP contribution in [-0.4, -0.2) is 42.3 Å². The monoisotopic (exact) mass is 379 g/mol. The number of carbonyl (C=O) groups is 3. The molecule has 1 aliphatic rings. The van der Waals surface area contributed by atoms with E-state index in [1.807, 2.05) is 36.4 Å². The number of hydrogen-bond donors (Lipinski definition) is 1. The van der Waals surface area contributed by atoms with Crippen molar-refractivity contribution in [3.05, 3.63) is 60.2 Å². The van der Waals surface area contributed by atoms with Crippen LogP contribution in [0, 0.1) is 0 Å². The molecule has 0 spiro atoms. The van der Waals surface area contributed by atoms with E-state index in [0.717, 1.165) is 12.0 Å². The van der Waals surface area contributed by atoms with Crippen molar-refractivity contribution in [3.63, 3.8) is 0 Å². The van der Waals surface area contributed by atoms with Gasteiger partial charge in [0.05, 0.1) is 6.42 Å². The minimum Gasteiger partial charge on any atom is -0.330 e. The van der Waals surface area contributed by atoms with Gasteiger partial charge in [0.1, 0.15) is 6.04 Å². The van der Waals surface area contributed by atoms with E-state index in [9.17, 15) is 14.4 Å². The van der Waals surface area contributed by atoms with Crippen LogP contribution in [0.25, 0.3) is 0 Å². The molecule has 146 valence electrons. The van der Waals surface area contributed by atoms with Gasteiger partial charge in [-0.05, 0) is 36.6 Å². The number of rotatable bonds is 5. The highest BCUT2D eigenvalue weighted by atomic mass is 16.2. The average molecular weight is 379 g/mol. The smallest absolute Gasteiger partial charge is 0.247 e. The van der Waals surface area contributed by atoms with Gasteiger partial charge >= 0.3 is 0 Å². The zero-order valence-corrected chi connectivity index (χ0v) is 16.2. The van der Waals surface area contributed by atoms with Gasteiger partial charge in [0.15, 0.2) is 0 Å². The third-order valence-electron chi connectivity index (χ3n) is 5.05. The van der Waals surface area contributed by atoms with E-state index in [0.29, 0.717) is 30.8 Å². The van der Waals surface area contributed by atoms with Crippen LogP contribution in [0.4, 0.5) is 11.4 Å². The Bertz CT molecular complexity index is 866. The molecule has 1 N–H and O–H groups in total. The normalized spacial score (nSPS) is 15.9. The molecule has 0 aromatic heterocycles. The van der Waals surface area contributed by atoms with E-state index in [4.69, 9.17) is 0 Å². The Morgan fingerprint density at radius 3 is 2.57 bits per heavy atom. The molecule has 2 aromatic carbocycles. The molecule has 28 heavy (non-hydrogen) atoms. The molecular formula is C22H25N3O3. The van der Waals surface area contributed by atoms with Crippen molar-refractivity contribution in [1.29, 1.82) is 0 Å². The fourth-order valence-electron chi connectivity index (χ4n) is 3.41. The first-order valence-corrected chi connectivity index (χ1v) is 9.44. The molecular weight excluding hydrogens is 354 g/mol. The summed E-state index contributed by atoms with van der Waals surface area (Å²) in [7, 11) is 1.68. The highest BCUT2D eigenvalue weighted by Crippen LogP contribution is 2.23. The number of hydrogen-bond acceptors (Lipinski definition) is 3. The van der Waals surface area contributed by atoms with E-state index >= 15 is 0 Å². The Balaban J connectivity index is 1.67. The summed E-state index contributed by atoms with van der Waals surface area (Å²) in [5, 5.41) is 2.90. The Hall–Kier alpha value is -3.15. The highest BCUT2D eigenvalue weighted by Gasteiger charge is 2.33. The predicted octanol–water partition coefficient (Wildman–Crippen LogP) is 2.84. The van der Waals surface area contributed by atoms with Crippen LogP contribution in [0.15, 0.2) is 54.6 Å². The molecule has 1 unspecified atom stereocenters.